The Morgan fingerprint density at radius 3 is 2.45 bits per heavy atom. The van der Waals surface area contributed by atoms with Crippen LogP contribution in [-0.2, 0) is 9.59 Å². The van der Waals surface area contributed by atoms with Crippen LogP contribution >= 0.6 is 0 Å². The van der Waals surface area contributed by atoms with Crippen molar-refractivity contribution in [3.63, 3.8) is 0 Å². The third-order valence-corrected chi connectivity index (χ3v) is 4.32. The summed E-state index contributed by atoms with van der Waals surface area (Å²) in [6.07, 6.45) is 4.10. The molecule has 0 aromatic carbocycles. The fourth-order valence-corrected chi connectivity index (χ4v) is 2.93. The molecular weight excluding hydrogens is 256 g/mol. The number of piperidine rings is 1. The van der Waals surface area contributed by atoms with Gasteiger partial charge in [-0.2, -0.15) is 0 Å². The van der Waals surface area contributed by atoms with Crippen molar-refractivity contribution in [2.24, 2.45) is 0 Å². The first-order valence-corrected chi connectivity index (χ1v) is 7.67. The molecule has 2 fully saturated rings. The summed E-state index contributed by atoms with van der Waals surface area (Å²) in [5, 5.41) is 1.85. The van der Waals surface area contributed by atoms with Crippen molar-refractivity contribution in [1.29, 1.82) is 0 Å². The first-order valence-electron chi connectivity index (χ1n) is 7.67. The second-order valence-corrected chi connectivity index (χ2v) is 5.79. The molecule has 2 heterocycles. The van der Waals surface area contributed by atoms with E-state index in [0.717, 1.165) is 51.9 Å². The van der Waals surface area contributed by atoms with Gasteiger partial charge in [0.2, 0.25) is 0 Å². The molecule has 2 rings (SSSR count). The predicted molar refractivity (Wildman–Crippen MR) is 76.9 cm³/mol. The third-order valence-electron chi connectivity index (χ3n) is 4.32. The van der Waals surface area contributed by atoms with E-state index >= 15 is 0 Å². The Bertz CT molecular complexity index is 353. The number of rotatable bonds is 2. The Morgan fingerprint density at radius 2 is 1.80 bits per heavy atom. The molecule has 0 bridgehead atoms. The molecule has 20 heavy (non-hydrogen) atoms. The van der Waals surface area contributed by atoms with Crippen LogP contribution in [0.5, 0.6) is 0 Å². The van der Waals surface area contributed by atoms with Crippen LogP contribution in [0.15, 0.2) is 0 Å². The molecule has 0 saturated carbocycles. The molecule has 1 atom stereocenters. The number of hydrazine groups is 1. The van der Waals surface area contributed by atoms with Crippen LogP contribution in [0.3, 0.4) is 0 Å². The van der Waals surface area contributed by atoms with Gasteiger partial charge in [0.15, 0.2) is 0 Å². The molecule has 2 amide bonds. The van der Waals surface area contributed by atoms with Crippen molar-refractivity contribution in [3.8, 4) is 0 Å². The van der Waals surface area contributed by atoms with Crippen molar-refractivity contribution in [3.05, 3.63) is 0 Å². The van der Waals surface area contributed by atoms with Gasteiger partial charge in [-0.3, -0.25) is 15.0 Å². The summed E-state index contributed by atoms with van der Waals surface area (Å²) < 4.78 is 0. The Morgan fingerprint density at radius 1 is 1.10 bits per heavy atom. The average molecular weight is 282 g/mol. The fraction of sp³-hybridized carbons (Fsp3) is 0.857. The number of likely N-dealkylation sites (tertiary alicyclic amines) is 1. The summed E-state index contributed by atoms with van der Waals surface area (Å²) in [5.41, 5.74) is 2.76. The summed E-state index contributed by atoms with van der Waals surface area (Å²) in [6, 6.07) is 0.231. The number of amides is 2. The monoisotopic (exact) mass is 282 g/mol. The van der Waals surface area contributed by atoms with E-state index < -0.39 is 5.91 Å². The molecular formula is C14H26N4O2. The van der Waals surface area contributed by atoms with E-state index in [4.69, 9.17) is 0 Å². The lowest BCUT2D eigenvalue weighted by atomic mass is 10.00. The Hall–Kier alpha value is -1.14. The maximum atomic E-state index is 12.3. The molecule has 6 nitrogen and oxygen atoms in total. The largest absolute Gasteiger partial charge is 0.331 e. The molecule has 2 aliphatic rings. The summed E-state index contributed by atoms with van der Waals surface area (Å²) in [7, 11) is 2.06. The molecule has 0 aliphatic carbocycles. The Kier molecular flexibility index (Phi) is 5.37. The van der Waals surface area contributed by atoms with Crippen LogP contribution in [0.1, 0.15) is 32.6 Å². The van der Waals surface area contributed by atoms with Gasteiger partial charge in [-0.05, 0) is 32.7 Å². The van der Waals surface area contributed by atoms with Gasteiger partial charge in [-0.25, -0.2) is 5.01 Å². The van der Waals surface area contributed by atoms with E-state index in [1.807, 2.05) is 5.01 Å². The first kappa shape index (κ1) is 15.3. The van der Waals surface area contributed by atoms with Crippen molar-refractivity contribution in [2.45, 2.75) is 38.6 Å². The minimum atomic E-state index is -0.477. The van der Waals surface area contributed by atoms with Gasteiger partial charge in [-0.1, -0.05) is 6.92 Å². The van der Waals surface area contributed by atoms with E-state index in [1.54, 1.807) is 4.90 Å². The van der Waals surface area contributed by atoms with Crippen LogP contribution < -0.4 is 5.43 Å². The highest BCUT2D eigenvalue weighted by molar-refractivity contribution is 6.34. The topological polar surface area (TPSA) is 55.9 Å². The number of hydrogen-bond donors (Lipinski definition) is 1. The van der Waals surface area contributed by atoms with Crippen LogP contribution in [0.4, 0.5) is 0 Å². The summed E-state index contributed by atoms with van der Waals surface area (Å²) >= 11 is 0. The van der Waals surface area contributed by atoms with Crippen molar-refractivity contribution in [1.82, 2.24) is 20.2 Å². The van der Waals surface area contributed by atoms with E-state index in [0.29, 0.717) is 6.54 Å². The lowest BCUT2D eigenvalue weighted by molar-refractivity contribution is -0.151. The SMILES string of the molecule is CCC1CCCCN1C(=O)C(=O)NN1CCN(C)CC1. The zero-order chi connectivity index (χ0) is 14.5. The molecule has 2 aliphatic heterocycles. The molecule has 0 aromatic rings. The zero-order valence-electron chi connectivity index (χ0n) is 12.6. The number of hydrogen-bond acceptors (Lipinski definition) is 4. The second-order valence-electron chi connectivity index (χ2n) is 5.79. The normalized spacial score (nSPS) is 25.5. The molecule has 1 N–H and O–H groups in total. The number of piperazine rings is 1. The molecule has 2 saturated heterocycles. The van der Waals surface area contributed by atoms with Gasteiger partial charge >= 0.3 is 11.8 Å². The van der Waals surface area contributed by atoms with Crippen LogP contribution in [-0.4, -0.2) is 72.4 Å². The highest BCUT2D eigenvalue weighted by atomic mass is 16.2. The number of likely N-dealkylation sites (N-methyl/N-ethyl adjacent to an activating group) is 1. The maximum absolute atomic E-state index is 12.3. The van der Waals surface area contributed by atoms with Crippen LogP contribution in [0.2, 0.25) is 0 Å². The van der Waals surface area contributed by atoms with Gasteiger partial charge in [0.25, 0.3) is 0 Å². The Balaban J connectivity index is 1.86. The standard InChI is InChI=1S/C14H26N4O2/c1-3-12-6-4-5-7-18(12)14(20)13(19)15-17-10-8-16(2)9-11-17/h12H,3-11H2,1-2H3,(H,15,19). The smallest absolute Gasteiger partial charge is 0.323 e. The minimum absolute atomic E-state index is 0.231. The highest BCUT2D eigenvalue weighted by Crippen LogP contribution is 2.19. The van der Waals surface area contributed by atoms with Crippen LogP contribution in [0, 0.1) is 0 Å². The van der Waals surface area contributed by atoms with E-state index in [2.05, 4.69) is 24.3 Å². The first-order chi connectivity index (χ1) is 9.61. The van der Waals surface area contributed by atoms with Crippen molar-refractivity contribution < 1.29 is 9.59 Å². The summed E-state index contributed by atoms with van der Waals surface area (Å²) in [5.74, 6) is -0.842. The molecule has 6 heteroatoms. The van der Waals surface area contributed by atoms with Crippen LogP contribution in [0.25, 0.3) is 0 Å². The highest BCUT2D eigenvalue weighted by Gasteiger charge is 2.30. The number of nitrogens with zero attached hydrogens (tertiary/aromatic N) is 3. The second kappa shape index (κ2) is 7.04. The number of nitrogens with one attached hydrogen (secondary N) is 1. The van der Waals surface area contributed by atoms with E-state index in [9.17, 15) is 9.59 Å². The number of carbonyl (C=O) groups is 2. The van der Waals surface area contributed by atoms with E-state index in [-0.39, 0.29) is 11.9 Å². The quantitative estimate of drug-likeness (QED) is 0.728. The average Bonchev–Trinajstić information content (AvgIpc) is 2.48. The van der Waals surface area contributed by atoms with Gasteiger partial charge in [-0.15, -0.1) is 0 Å². The minimum Gasteiger partial charge on any atom is -0.331 e. The zero-order valence-corrected chi connectivity index (χ0v) is 12.6. The van der Waals surface area contributed by atoms with Crippen molar-refractivity contribution in [2.75, 3.05) is 39.8 Å². The Labute approximate surface area is 121 Å². The lowest BCUT2D eigenvalue weighted by Gasteiger charge is -2.36. The van der Waals surface area contributed by atoms with Gasteiger partial charge in [0, 0.05) is 38.8 Å². The fourth-order valence-electron chi connectivity index (χ4n) is 2.93. The molecule has 1 unspecified atom stereocenters. The summed E-state index contributed by atoms with van der Waals surface area (Å²) in [4.78, 5) is 28.3. The van der Waals surface area contributed by atoms with E-state index in [1.165, 1.54) is 0 Å². The molecule has 0 aromatic heterocycles. The summed E-state index contributed by atoms with van der Waals surface area (Å²) in [6.45, 7) is 6.16. The predicted octanol–water partition coefficient (Wildman–Crippen LogP) is 0.0561. The number of carbonyl (C=O) groups excluding carboxylic acids is 2. The molecule has 0 spiro atoms. The van der Waals surface area contributed by atoms with Gasteiger partial charge in [0.05, 0.1) is 0 Å². The maximum Gasteiger partial charge on any atom is 0.323 e. The lowest BCUT2D eigenvalue weighted by Crippen LogP contribution is -2.57. The molecule has 114 valence electrons. The van der Waals surface area contributed by atoms with Gasteiger partial charge < -0.3 is 9.80 Å². The third kappa shape index (κ3) is 3.70. The van der Waals surface area contributed by atoms with Crippen molar-refractivity contribution >= 4 is 11.8 Å². The van der Waals surface area contributed by atoms with Gasteiger partial charge in [0.1, 0.15) is 0 Å². The molecule has 0 radical (unpaired) electrons.